The Hall–Kier alpha value is -1.47. The van der Waals surface area contributed by atoms with Crippen molar-refractivity contribution in [3.63, 3.8) is 0 Å². The van der Waals surface area contributed by atoms with Gasteiger partial charge in [-0.3, -0.25) is 4.79 Å². The number of morpholine rings is 1. The number of nitrogens with zero attached hydrogens (tertiary/aromatic N) is 4. The summed E-state index contributed by atoms with van der Waals surface area (Å²) in [5.41, 5.74) is 0. The fourth-order valence-electron chi connectivity index (χ4n) is 1.68. The smallest absolute Gasteiger partial charge is 0.244 e. The number of aliphatic hydroxyl groups is 1. The number of aliphatic hydroxyl groups excluding tert-OH is 1. The molecule has 0 saturated carbocycles. The van der Waals surface area contributed by atoms with Crippen molar-refractivity contribution in [2.75, 3.05) is 26.4 Å². The molecule has 1 N–H and O–H groups in total. The maximum Gasteiger partial charge on any atom is 0.244 e. The van der Waals surface area contributed by atoms with Crippen molar-refractivity contribution in [1.29, 1.82) is 0 Å². The number of carbonyl (C=O) groups is 1. The average molecular weight is 226 g/mol. The van der Waals surface area contributed by atoms with Crippen molar-refractivity contribution in [2.45, 2.75) is 12.6 Å². The Morgan fingerprint density at radius 3 is 3.19 bits per heavy atom. The van der Waals surface area contributed by atoms with E-state index in [2.05, 4.69) is 10.1 Å². The minimum Gasteiger partial charge on any atom is -0.394 e. The molecular weight excluding hydrogens is 212 g/mol. The van der Waals surface area contributed by atoms with E-state index < -0.39 is 0 Å². The van der Waals surface area contributed by atoms with Gasteiger partial charge in [0.05, 0.1) is 25.9 Å². The molecule has 0 aliphatic carbocycles. The minimum absolute atomic E-state index is 0.0761. The SMILES string of the molecule is O=C(Cn1cncn1)N1CCOCC1CO. The Morgan fingerprint density at radius 2 is 2.50 bits per heavy atom. The van der Waals surface area contributed by atoms with E-state index in [0.717, 1.165) is 0 Å². The molecule has 0 radical (unpaired) electrons. The molecule has 1 aliphatic heterocycles. The Morgan fingerprint density at radius 1 is 1.62 bits per heavy atom. The van der Waals surface area contributed by atoms with Gasteiger partial charge in [0.2, 0.25) is 5.91 Å². The van der Waals surface area contributed by atoms with E-state index in [1.165, 1.54) is 17.3 Å². The van der Waals surface area contributed by atoms with E-state index in [1.54, 1.807) is 4.90 Å². The molecule has 1 aliphatic rings. The van der Waals surface area contributed by atoms with Gasteiger partial charge in [0.25, 0.3) is 0 Å². The Bertz CT molecular complexity index is 341. The first-order valence-electron chi connectivity index (χ1n) is 5.11. The first kappa shape index (κ1) is 11.0. The number of aromatic nitrogens is 3. The van der Waals surface area contributed by atoms with Gasteiger partial charge in [-0.15, -0.1) is 0 Å². The highest BCUT2D eigenvalue weighted by atomic mass is 16.5. The number of carbonyl (C=O) groups excluding carboxylic acids is 1. The van der Waals surface area contributed by atoms with Gasteiger partial charge < -0.3 is 14.7 Å². The summed E-state index contributed by atoms with van der Waals surface area (Å²) in [5, 5.41) is 13.0. The van der Waals surface area contributed by atoms with Crippen molar-refractivity contribution >= 4 is 5.91 Å². The lowest BCUT2D eigenvalue weighted by Crippen LogP contribution is -2.51. The number of rotatable bonds is 3. The second-order valence-corrected chi connectivity index (χ2v) is 3.59. The molecular formula is C9H14N4O3. The fourth-order valence-corrected chi connectivity index (χ4v) is 1.68. The lowest BCUT2D eigenvalue weighted by molar-refractivity contribution is -0.142. The third-order valence-electron chi connectivity index (χ3n) is 2.52. The van der Waals surface area contributed by atoms with Crippen molar-refractivity contribution in [1.82, 2.24) is 19.7 Å². The summed E-state index contributed by atoms with van der Waals surface area (Å²) in [6.07, 6.45) is 2.88. The van der Waals surface area contributed by atoms with Crippen LogP contribution in [0.15, 0.2) is 12.7 Å². The van der Waals surface area contributed by atoms with Crippen LogP contribution in [-0.4, -0.2) is 63.1 Å². The van der Waals surface area contributed by atoms with Crippen molar-refractivity contribution in [3.05, 3.63) is 12.7 Å². The lowest BCUT2D eigenvalue weighted by Gasteiger charge is -2.34. The third kappa shape index (κ3) is 2.37. The first-order valence-corrected chi connectivity index (χ1v) is 5.11. The number of hydrogen-bond donors (Lipinski definition) is 1. The van der Waals surface area contributed by atoms with Gasteiger partial charge in [-0.1, -0.05) is 0 Å². The highest BCUT2D eigenvalue weighted by Crippen LogP contribution is 2.07. The van der Waals surface area contributed by atoms with Crippen LogP contribution in [0.5, 0.6) is 0 Å². The maximum atomic E-state index is 11.9. The normalized spacial score (nSPS) is 21.1. The van der Waals surface area contributed by atoms with Crippen LogP contribution in [-0.2, 0) is 16.1 Å². The van der Waals surface area contributed by atoms with Crippen LogP contribution in [0.4, 0.5) is 0 Å². The molecule has 1 amide bonds. The molecule has 7 heteroatoms. The van der Waals surface area contributed by atoms with Crippen molar-refractivity contribution in [2.24, 2.45) is 0 Å². The van der Waals surface area contributed by atoms with E-state index in [1.807, 2.05) is 0 Å². The number of ether oxygens (including phenoxy) is 1. The molecule has 1 atom stereocenters. The summed E-state index contributed by atoms with van der Waals surface area (Å²) in [6, 6.07) is -0.246. The quantitative estimate of drug-likeness (QED) is 0.678. The molecule has 2 rings (SSSR count). The Kier molecular flexibility index (Phi) is 3.47. The van der Waals surface area contributed by atoms with Gasteiger partial charge >= 0.3 is 0 Å². The summed E-state index contributed by atoms with van der Waals surface area (Å²) in [5.74, 6) is -0.0761. The first-order chi connectivity index (χ1) is 7.81. The standard InChI is InChI=1S/C9H14N4O3/c14-4-8-5-16-2-1-13(8)9(15)3-12-7-10-6-11-12/h6-8,14H,1-5H2. The van der Waals surface area contributed by atoms with Gasteiger partial charge in [-0.25, -0.2) is 9.67 Å². The van der Waals surface area contributed by atoms with Crippen LogP contribution in [0.3, 0.4) is 0 Å². The Balaban J connectivity index is 1.97. The third-order valence-corrected chi connectivity index (χ3v) is 2.52. The molecule has 1 aromatic rings. The van der Waals surface area contributed by atoms with Crippen molar-refractivity contribution in [3.8, 4) is 0 Å². The van der Waals surface area contributed by atoms with Crippen LogP contribution in [0, 0.1) is 0 Å². The molecule has 16 heavy (non-hydrogen) atoms. The lowest BCUT2D eigenvalue weighted by atomic mass is 10.2. The largest absolute Gasteiger partial charge is 0.394 e. The van der Waals surface area contributed by atoms with Gasteiger partial charge in [-0.05, 0) is 0 Å². The van der Waals surface area contributed by atoms with Gasteiger partial charge in [0, 0.05) is 6.54 Å². The molecule has 1 unspecified atom stereocenters. The zero-order valence-corrected chi connectivity index (χ0v) is 8.82. The minimum atomic E-state index is -0.246. The molecule has 0 aromatic carbocycles. The van der Waals surface area contributed by atoms with Crippen LogP contribution in [0.25, 0.3) is 0 Å². The summed E-state index contributed by atoms with van der Waals surface area (Å²) in [6.45, 7) is 1.48. The van der Waals surface area contributed by atoms with E-state index in [0.29, 0.717) is 19.8 Å². The molecule has 0 spiro atoms. The van der Waals surface area contributed by atoms with Crippen LogP contribution in [0.1, 0.15) is 0 Å². The second-order valence-electron chi connectivity index (χ2n) is 3.59. The van der Waals surface area contributed by atoms with Crippen LogP contribution in [0.2, 0.25) is 0 Å². The summed E-state index contributed by atoms with van der Waals surface area (Å²) < 4.78 is 6.66. The second kappa shape index (κ2) is 5.04. The van der Waals surface area contributed by atoms with E-state index in [-0.39, 0.29) is 25.1 Å². The summed E-state index contributed by atoms with van der Waals surface area (Å²) in [4.78, 5) is 17.3. The molecule has 2 heterocycles. The summed E-state index contributed by atoms with van der Waals surface area (Å²) in [7, 11) is 0. The molecule has 0 bridgehead atoms. The highest BCUT2D eigenvalue weighted by molar-refractivity contribution is 5.76. The van der Waals surface area contributed by atoms with Crippen LogP contribution >= 0.6 is 0 Å². The van der Waals surface area contributed by atoms with Gasteiger partial charge in [-0.2, -0.15) is 5.10 Å². The van der Waals surface area contributed by atoms with E-state index in [4.69, 9.17) is 9.84 Å². The number of amides is 1. The molecule has 1 saturated heterocycles. The van der Waals surface area contributed by atoms with Crippen LogP contribution < -0.4 is 0 Å². The fraction of sp³-hybridized carbons (Fsp3) is 0.667. The van der Waals surface area contributed by atoms with Gasteiger partial charge in [0.15, 0.2) is 0 Å². The zero-order valence-electron chi connectivity index (χ0n) is 8.82. The van der Waals surface area contributed by atoms with Gasteiger partial charge in [0.1, 0.15) is 19.2 Å². The molecule has 7 nitrogen and oxygen atoms in total. The highest BCUT2D eigenvalue weighted by Gasteiger charge is 2.26. The predicted molar refractivity (Wildman–Crippen MR) is 53.4 cm³/mol. The average Bonchev–Trinajstić information content (AvgIpc) is 2.81. The monoisotopic (exact) mass is 226 g/mol. The zero-order chi connectivity index (χ0) is 11.4. The maximum absolute atomic E-state index is 11.9. The summed E-state index contributed by atoms with van der Waals surface area (Å²) >= 11 is 0. The number of hydrogen-bond acceptors (Lipinski definition) is 5. The molecule has 88 valence electrons. The molecule has 1 fully saturated rings. The topological polar surface area (TPSA) is 80.5 Å². The van der Waals surface area contributed by atoms with Crippen molar-refractivity contribution < 1.29 is 14.6 Å². The van der Waals surface area contributed by atoms with E-state index in [9.17, 15) is 4.79 Å². The predicted octanol–water partition coefficient (Wildman–Crippen LogP) is -1.50. The molecule has 1 aromatic heterocycles. The van der Waals surface area contributed by atoms with E-state index >= 15 is 0 Å². The Labute approximate surface area is 92.6 Å².